The van der Waals surface area contributed by atoms with Crippen LogP contribution in [0.1, 0.15) is 32.4 Å². The molecule has 0 unspecified atom stereocenters. The van der Waals surface area contributed by atoms with Crippen LogP contribution in [0.3, 0.4) is 0 Å². The first-order valence-electron chi connectivity index (χ1n) is 7.61. The lowest BCUT2D eigenvalue weighted by atomic mass is 10.1. The highest BCUT2D eigenvalue weighted by Crippen LogP contribution is 2.25. The first-order valence-corrected chi connectivity index (χ1v) is 7.61. The van der Waals surface area contributed by atoms with Gasteiger partial charge < -0.3 is 9.30 Å². The number of nitrogens with zero attached hydrogens (tertiary/aromatic N) is 2. The van der Waals surface area contributed by atoms with Gasteiger partial charge in [-0.3, -0.25) is 0 Å². The van der Waals surface area contributed by atoms with Gasteiger partial charge >= 0.3 is 0 Å². The lowest BCUT2D eigenvalue weighted by Crippen LogP contribution is -2.15. The van der Waals surface area contributed by atoms with Gasteiger partial charge in [-0.15, -0.1) is 0 Å². The Morgan fingerprint density at radius 1 is 1.33 bits per heavy atom. The predicted octanol–water partition coefficient (Wildman–Crippen LogP) is 4.15. The molecule has 3 heteroatoms. The number of aromatic nitrogens is 2. The summed E-state index contributed by atoms with van der Waals surface area (Å²) in [6.07, 6.45) is 6.80. The summed E-state index contributed by atoms with van der Waals surface area (Å²) in [7, 11) is 0. The molecule has 0 aliphatic carbocycles. The van der Waals surface area contributed by atoms with Gasteiger partial charge in [0.1, 0.15) is 0 Å². The predicted molar refractivity (Wildman–Crippen MR) is 86.0 cm³/mol. The van der Waals surface area contributed by atoms with Gasteiger partial charge in [-0.1, -0.05) is 35.9 Å². The molecule has 0 radical (unpaired) electrons. The van der Waals surface area contributed by atoms with Gasteiger partial charge in [0.2, 0.25) is 0 Å². The Morgan fingerprint density at radius 2 is 2.14 bits per heavy atom. The molecular formula is C18H22N2O. The maximum Gasteiger partial charge on any atom is 0.0959 e. The third-order valence-electron chi connectivity index (χ3n) is 3.78. The highest BCUT2D eigenvalue weighted by molar-refractivity contribution is 5.70. The molecule has 21 heavy (non-hydrogen) atoms. The molecule has 3 nitrogen and oxygen atoms in total. The molecule has 0 amide bonds. The Kier molecular flexibility index (Phi) is 4.20. The quantitative estimate of drug-likeness (QED) is 0.842. The molecule has 1 aliphatic rings. The molecule has 1 aromatic carbocycles. The highest BCUT2D eigenvalue weighted by atomic mass is 16.5. The summed E-state index contributed by atoms with van der Waals surface area (Å²) in [5.74, 6) is 0. The lowest BCUT2D eigenvalue weighted by molar-refractivity contribution is 0.0968. The molecule has 0 N–H and O–H groups in total. The van der Waals surface area contributed by atoms with E-state index < -0.39 is 0 Å². The molecule has 1 fully saturated rings. The third-order valence-corrected chi connectivity index (χ3v) is 3.78. The fourth-order valence-corrected chi connectivity index (χ4v) is 2.79. The normalized spacial score (nSPS) is 17.9. The van der Waals surface area contributed by atoms with Crippen LogP contribution >= 0.6 is 0 Å². The zero-order chi connectivity index (χ0) is 14.7. The number of hydrogen-bond donors (Lipinski definition) is 0. The highest BCUT2D eigenvalue weighted by Gasteiger charge is 2.18. The van der Waals surface area contributed by atoms with E-state index in [0.29, 0.717) is 6.10 Å². The Hall–Kier alpha value is -1.87. The van der Waals surface area contributed by atoms with Crippen molar-refractivity contribution < 1.29 is 4.74 Å². The molecule has 1 aromatic heterocycles. The van der Waals surface area contributed by atoms with Gasteiger partial charge in [0, 0.05) is 12.2 Å². The van der Waals surface area contributed by atoms with Crippen LogP contribution in [-0.4, -0.2) is 22.3 Å². The minimum Gasteiger partial charge on any atom is -0.376 e. The first kappa shape index (κ1) is 14.1. The summed E-state index contributed by atoms with van der Waals surface area (Å²) in [5.41, 5.74) is 4.67. The van der Waals surface area contributed by atoms with Gasteiger partial charge in [0.15, 0.2) is 0 Å². The smallest absolute Gasteiger partial charge is 0.0959 e. The van der Waals surface area contributed by atoms with Gasteiger partial charge in [-0.05, 0) is 32.8 Å². The van der Waals surface area contributed by atoms with Gasteiger partial charge in [-0.2, -0.15) is 0 Å². The Morgan fingerprint density at radius 3 is 2.81 bits per heavy atom. The van der Waals surface area contributed by atoms with Crippen molar-refractivity contribution in [3.05, 3.63) is 47.9 Å². The molecule has 110 valence electrons. The number of hydrogen-bond acceptors (Lipinski definition) is 2. The molecule has 3 rings (SSSR count). The topological polar surface area (TPSA) is 27.1 Å². The summed E-state index contributed by atoms with van der Waals surface area (Å²) >= 11 is 0. The molecule has 1 atom stereocenters. The van der Waals surface area contributed by atoms with Crippen molar-refractivity contribution in [3.63, 3.8) is 0 Å². The monoisotopic (exact) mass is 282 g/mol. The molecule has 0 bridgehead atoms. The second kappa shape index (κ2) is 6.27. The summed E-state index contributed by atoms with van der Waals surface area (Å²) in [6, 6.07) is 10.4. The summed E-state index contributed by atoms with van der Waals surface area (Å²) in [5, 5.41) is 0. The van der Waals surface area contributed by atoms with Crippen molar-refractivity contribution in [2.24, 2.45) is 0 Å². The fourth-order valence-electron chi connectivity index (χ4n) is 2.79. The van der Waals surface area contributed by atoms with Crippen molar-refractivity contribution in [1.29, 1.82) is 0 Å². The van der Waals surface area contributed by atoms with Crippen molar-refractivity contribution in [2.45, 2.75) is 39.3 Å². The minimum atomic E-state index is 0.326. The van der Waals surface area contributed by atoms with E-state index in [1.807, 2.05) is 12.4 Å². The van der Waals surface area contributed by atoms with Crippen LogP contribution in [0.4, 0.5) is 0 Å². The molecule has 2 aromatic rings. The number of benzene rings is 1. The van der Waals surface area contributed by atoms with Crippen molar-refractivity contribution in [1.82, 2.24) is 9.55 Å². The molecule has 2 heterocycles. The van der Waals surface area contributed by atoms with Crippen LogP contribution in [0.5, 0.6) is 0 Å². The number of imidazole rings is 1. The Labute approximate surface area is 126 Å². The van der Waals surface area contributed by atoms with E-state index in [1.54, 1.807) is 0 Å². The average molecular weight is 282 g/mol. The summed E-state index contributed by atoms with van der Waals surface area (Å²) in [6.45, 7) is 6.03. The van der Waals surface area contributed by atoms with Gasteiger partial charge in [-0.25, -0.2) is 4.98 Å². The minimum absolute atomic E-state index is 0.326. The van der Waals surface area contributed by atoms with Crippen LogP contribution in [0, 0.1) is 0 Å². The largest absolute Gasteiger partial charge is 0.376 e. The van der Waals surface area contributed by atoms with Crippen LogP contribution in [0.15, 0.2) is 42.2 Å². The lowest BCUT2D eigenvalue weighted by Gasteiger charge is -2.12. The maximum absolute atomic E-state index is 5.76. The van der Waals surface area contributed by atoms with Gasteiger partial charge in [0.05, 0.1) is 30.4 Å². The van der Waals surface area contributed by atoms with E-state index in [2.05, 4.69) is 53.7 Å². The molecule has 1 aliphatic heterocycles. The second-order valence-corrected chi connectivity index (χ2v) is 5.85. The van der Waals surface area contributed by atoms with Crippen LogP contribution in [0.2, 0.25) is 0 Å². The van der Waals surface area contributed by atoms with Crippen molar-refractivity contribution in [3.8, 4) is 11.3 Å². The number of ether oxygens (including phenoxy) is 1. The van der Waals surface area contributed by atoms with Gasteiger partial charge in [0.25, 0.3) is 0 Å². The first-order chi connectivity index (χ1) is 10.2. The second-order valence-electron chi connectivity index (χ2n) is 5.85. The number of rotatable bonds is 4. The van der Waals surface area contributed by atoms with E-state index in [1.165, 1.54) is 17.7 Å². The van der Waals surface area contributed by atoms with E-state index in [0.717, 1.165) is 30.8 Å². The van der Waals surface area contributed by atoms with Crippen molar-refractivity contribution in [2.75, 3.05) is 6.61 Å². The van der Waals surface area contributed by atoms with E-state index in [-0.39, 0.29) is 0 Å². The molecule has 0 spiro atoms. The zero-order valence-corrected chi connectivity index (χ0v) is 12.7. The average Bonchev–Trinajstić information content (AvgIpc) is 3.11. The molecule has 1 saturated heterocycles. The Balaban J connectivity index is 1.97. The van der Waals surface area contributed by atoms with Crippen LogP contribution in [0.25, 0.3) is 17.3 Å². The molecular weight excluding hydrogens is 260 g/mol. The van der Waals surface area contributed by atoms with Crippen molar-refractivity contribution >= 4 is 6.08 Å². The van der Waals surface area contributed by atoms with E-state index in [9.17, 15) is 0 Å². The van der Waals surface area contributed by atoms with E-state index >= 15 is 0 Å². The third kappa shape index (κ3) is 3.24. The summed E-state index contributed by atoms with van der Waals surface area (Å²) in [4.78, 5) is 4.64. The maximum atomic E-state index is 5.76. The zero-order valence-electron chi connectivity index (χ0n) is 12.7. The Bertz CT molecular complexity index is 618. The SMILES string of the molecule is CC(C)=Cc1c(-c2ccccc2)ncn1C[C@H]1CCCO1. The van der Waals surface area contributed by atoms with Crippen LogP contribution < -0.4 is 0 Å². The number of allylic oxidation sites excluding steroid dienone is 1. The van der Waals surface area contributed by atoms with E-state index in [4.69, 9.17) is 4.74 Å². The fraction of sp³-hybridized carbons (Fsp3) is 0.389. The molecule has 0 saturated carbocycles. The van der Waals surface area contributed by atoms with Crippen LogP contribution in [-0.2, 0) is 11.3 Å². The standard InChI is InChI=1S/C18H22N2O/c1-14(2)11-17-18(15-7-4-3-5-8-15)19-13-20(17)12-16-9-6-10-21-16/h3-5,7-8,11,13,16H,6,9-10,12H2,1-2H3/t16-/m1/s1. The summed E-state index contributed by atoms with van der Waals surface area (Å²) < 4.78 is 7.99.